The summed E-state index contributed by atoms with van der Waals surface area (Å²) in [4.78, 5) is 22.2. The zero-order valence-corrected chi connectivity index (χ0v) is 15.9. The lowest BCUT2D eigenvalue weighted by molar-refractivity contribution is 0.0602. The maximum atomic E-state index is 13.5. The van der Waals surface area contributed by atoms with Crippen LogP contribution >= 0.6 is 0 Å². The minimum Gasteiger partial charge on any atom is -0.282 e. The van der Waals surface area contributed by atoms with Crippen molar-refractivity contribution in [2.75, 3.05) is 11.6 Å². The summed E-state index contributed by atoms with van der Waals surface area (Å²) in [5.74, 6) is 0.562. The van der Waals surface area contributed by atoms with E-state index in [0.29, 0.717) is 11.5 Å². The van der Waals surface area contributed by atoms with Gasteiger partial charge in [0.2, 0.25) is 0 Å². The van der Waals surface area contributed by atoms with Crippen molar-refractivity contribution in [3.63, 3.8) is 0 Å². The molecule has 0 radical (unpaired) electrons. The Morgan fingerprint density at radius 2 is 2.00 bits per heavy atom. The van der Waals surface area contributed by atoms with Crippen LogP contribution < -0.4 is 5.01 Å². The van der Waals surface area contributed by atoms with Crippen LogP contribution in [-0.2, 0) is 0 Å². The normalized spacial score (nSPS) is 17.7. The first kappa shape index (κ1) is 17.5. The topological polar surface area (TPSA) is 66.6 Å². The maximum Gasteiger partial charge on any atom is 0.291 e. The Kier molecular flexibility index (Phi) is 4.51. The molecule has 1 aromatic carbocycles. The van der Waals surface area contributed by atoms with Gasteiger partial charge >= 0.3 is 0 Å². The smallest absolute Gasteiger partial charge is 0.282 e. The van der Waals surface area contributed by atoms with E-state index in [1.807, 2.05) is 41.4 Å². The molecule has 0 saturated carbocycles. The molecule has 1 fully saturated rings. The molecule has 0 bridgehead atoms. The zero-order valence-electron chi connectivity index (χ0n) is 15.9. The molecule has 0 N–H and O–H groups in total. The summed E-state index contributed by atoms with van der Waals surface area (Å²) in [5.41, 5.74) is 2.36. The Hall–Kier alpha value is -2.96. The molecular weight excluding hydrogens is 340 g/mol. The maximum absolute atomic E-state index is 13.5. The molecule has 7 heteroatoms. The largest absolute Gasteiger partial charge is 0.291 e. The molecule has 4 rings (SSSR count). The van der Waals surface area contributed by atoms with Crippen LogP contribution in [0.2, 0.25) is 0 Å². The number of nitrogens with zero attached hydrogens (tertiary/aromatic N) is 6. The van der Waals surface area contributed by atoms with Crippen LogP contribution in [0.25, 0.3) is 5.78 Å². The second kappa shape index (κ2) is 6.98. The van der Waals surface area contributed by atoms with E-state index in [1.165, 1.54) is 6.33 Å². The number of aromatic nitrogens is 4. The monoisotopic (exact) mass is 364 g/mol. The van der Waals surface area contributed by atoms with Crippen LogP contribution in [0.5, 0.6) is 0 Å². The highest BCUT2D eigenvalue weighted by molar-refractivity contribution is 5.94. The van der Waals surface area contributed by atoms with E-state index in [9.17, 15) is 4.79 Å². The van der Waals surface area contributed by atoms with Crippen molar-refractivity contribution in [3.8, 4) is 0 Å². The number of amides is 1. The summed E-state index contributed by atoms with van der Waals surface area (Å²) in [6.45, 7) is 7.05. The van der Waals surface area contributed by atoms with Gasteiger partial charge in [-0.05, 0) is 43.9 Å². The van der Waals surface area contributed by atoms with Gasteiger partial charge < -0.3 is 0 Å². The van der Waals surface area contributed by atoms with Gasteiger partial charge in [-0.3, -0.25) is 9.80 Å². The van der Waals surface area contributed by atoms with Crippen molar-refractivity contribution in [1.29, 1.82) is 0 Å². The molecule has 1 saturated heterocycles. The second-order valence-corrected chi connectivity index (χ2v) is 7.29. The highest BCUT2D eigenvalue weighted by Crippen LogP contribution is 2.27. The number of fused-ring (bicyclic) bond motifs is 1. The highest BCUT2D eigenvalue weighted by atomic mass is 16.2. The van der Waals surface area contributed by atoms with E-state index in [-0.39, 0.29) is 17.9 Å². The summed E-state index contributed by atoms with van der Waals surface area (Å²) in [7, 11) is 0. The van der Waals surface area contributed by atoms with Crippen molar-refractivity contribution in [2.24, 2.45) is 0 Å². The lowest BCUT2D eigenvalue weighted by Crippen LogP contribution is -2.55. The molecule has 140 valence electrons. The summed E-state index contributed by atoms with van der Waals surface area (Å²) in [6, 6.07) is 12.0. The first-order valence-corrected chi connectivity index (χ1v) is 9.43. The summed E-state index contributed by atoms with van der Waals surface area (Å²) in [6.07, 6.45) is 3.50. The number of hydrazine groups is 1. The Bertz CT molecular complexity index is 952. The number of carbonyl (C=O) groups is 1. The standard InChI is InChI=1S/C20H24N6O/c1-14(2)18-12-17(23-20-21-13-22-25(18)20)19(27)26-15(3)8-7-11-24(26)16-9-5-4-6-10-16/h4-6,9-10,12-15H,7-8,11H2,1-3H3/t15-/m0/s1. The predicted octanol–water partition coefficient (Wildman–Crippen LogP) is 3.29. The van der Waals surface area contributed by atoms with Crippen LogP contribution in [-0.4, -0.2) is 43.1 Å². The van der Waals surface area contributed by atoms with Crippen LogP contribution in [0.1, 0.15) is 55.7 Å². The second-order valence-electron chi connectivity index (χ2n) is 7.29. The van der Waals surface area contributed by atoms with Gasteiger partial charge in [0, 0.05) is 6.54 Å². The van der Waals surface area contributed by atoms with Crippen LogP contribution in [0.3, 0.4) is 0 Å². The van der Waals surface area contributed by atoms with Crippen LogP contribution in [0.15, 0.2) is 42.7 Å². The van der Waals surface area contributed by atoms with Gasteiger partial charge in [0.05, 0.1) is 17.4 Å². The third-order valence-electron chi connectivity index (χ3n) is 5.02. The predicted molar refractivity (Wildman–Crippen MR) is 104 cm³/mol. The van der Waals surface area contributed by atoms with Gasteiger partial charge in [-0.15, -0.1) is 0 Å². The summed E-state index contributed by atoms with van der Waals surface area (Å²) >= 11 is 0. The lowest BCUT2D eigenvalue weighted by atomic mass is 10.1. The molecule has 1 aliphatic rings. The molecule has 0 aliphatic carbocycles. The minimum atomic E-state index is -0.0987. The molecular formula is C20H24N6O. The average Bonchev–Trinajstić information content (AvgIpc) is 3.15. The van der Waals surface area contributed by atoms with E-state index < -0.39 is 0 Å². The fourth-order valence-corrected chi connectivity index (χ4v) is 3.64. The molecule has 1 atom stereocenters. The zero-order chi connectivity index (χ0) is 19.0. The lowest BCUT2D eigenvalue weighted by Gasteiger charge is -2.44. The van der Waals surface area contributed by atoms with Gasteiger partial charge in [0.1, 0.15) is 12.0 Å². The van der Waals surface area contributed by atoms with Crippen molar-refractivity contribution < 1.29 is 4.79 Å². The van der Waals surface area contributed by atoms with Crippen LogP contribution in [0.4, 0.5) is 5.69 Å². The first-order valence-electron chi connectivity index (χ1n) is 9.43. The van der Waals surface area contributed by atoms with Crippen molar-refractivity contribution in [1.82, 2.24) is 24.6 Å². The number of anilines is 1. The van der Waals surface area contributed by atoms with Crippen LogP contribution in [0, 0.1) is 0 Å². The van der Waals surface area contributed by atoms with Gasteiger partial charge in [-0.2, -0.15) is 10.1 Å². The average molecular weight is 364 g/mol. The molecule has 27 heavy (non-hydrogen) atoms. The van der Waals surface area contributed by atoms with E-state index in [2.05, 4.69) is 40.8 Å². The molecule has 2 aromatic heterocycles. The molecule has 3 aromatic rings. The van der Waals surface area contributed by atoms with Gasteiger partial charge in [-0.1, -0.05) is 32.0 Å². The van der Waals surface area contributed by atoms with Crippen molar-refractivity contribution in [3.05, 3.63) is 54.1 Å². The van der Waals surface area contributed by atoms with Gasteiger partial charge in [0.15, 0.2) is 0 Å². The third kappa shape index (κ3) is 3.13. The van der Waals surface area contributed by atoms with E-state index in [0.717, 1.165) is 30.8 Å². The number of hydrogen-bond donors (Lipinski definition) is 0. The molecule has 7 nitrogen and oxygen atoms in total. The number of benzene rings is 1. The number of carbonyl (C=O) groups excluding carboxylic acids is 1. The molecule has 1 amide bonds. The Labute approximate surface area is 158 Å². The highest BCUT2D eigenvalue weighted by Gasteiger charge is 2.32. The van der Waals surface area contributed by atoms with E-state index in [1.54, 1.807) is 4.52 Å². The third-order valence-corrected chi connectivity index (χ3v) is 5.02. The van der Waals surface area contributed by atoms with Crippen molar-refractivity contribution >= 4 is 17.4 Å². The quantitative estimate of drug-likeness (QED) is 0.713. The molecule has 1 aliphatic heterocycles. The SMILES string of the molecule is CC(C)c1cc(C(=O)N2[C@@H](C)CCCN2c2ccccc2)nc2ncnn12. The van der Waals surface area contributed by atoms with Crippen molar-refractivity contribution in [2.45, 2.75) is 45.6 Å². The first-order chi connectivity index (χ1) is 13.1. The Balaban J connectivity index is 1.76. The fraction of sp³-hybridized carbons (Fsp3) is 0.400. The Morgan fingerprint density at radius 3 is 2.74 bits per heavy atom. The summed E-state index contributed by atoms with van der Waals surface area (Å²) in [5, 5.41) is 8.15. The van der Waals surface area contributed by atoms with Gasteiger partial charge in [-0.25, -0.2) is 14.5 Å². The van der Waals surface area contributed by atoms with Gasteiger partial charge in [0.25, 0.3) is 11.7 Å². The molecule has 0 spiro atoms. The Morgan fingerprint density at radius 1 is 1.22 bits per heavy atom. The number of para-hydroxylation sites is 1. The number of rotatable bonds is 3. The van der Waals surface area contributed by atoms with E-state index >= 15 is 0 Å². The summed E-state index contributed by atoms with van der Waals surface area (Å²) < 4.78 is 1.70. The molecule has 3 heterocycles. The van der Waals surface area contributed by atoms with E-state index in [4.69, 9.17) is 0 Å². The minimum absolute atomic E-state index is 0.0987. The number of hydrogen-bond acceptors (Lipinski definition) is 5. The fourth-order valence-electron chi connectivity index (χ4n) is 3.64. The molecule has 0 unspecified atom stereocenters.